The third-order valence-corrected chi connectivity index (χ3v) is 3.78. The molecule has 0 aromatic heterocycles. The Balaban J connectivity index is 1.72. The van der Waals surface area contributed by atoms with Crippen LogP contribution in [0.3, 0.4) is 0 Å². The quantitative estimate of drug-likeness (QED) is 0.765. The van der Waals surface area contributed by atoms with Crippen molar-refractivity contribution in [2.45, 2.75) is 19.3 Å². The van der Waals surface area contributed by atoms with Crippen molar-refractivity contribution in [2.24, 2.45) is 0 Å². The molecule has 0 saturated heterocycles. The number of allylic oxidation sites excluding steroid dienone is 10. The molecule has 120 valence electrons. The molecule has 0 aliphatic heterocycles. The molecule has 0 fully saturated rings. The molecule has 0 heterocycles. The van der Waals surface area contributed by atoms with Gasteiger partial charge in [0.1, 0.15) is 11.5 Å². The molecule has 0 spiro atoms. The monoisotopic (exact) mass is 316 g/mol. The number of carbonyl (C=O) groups excluding carboxylic acids is 1. The molecule has 0 saturated carbocycles. The van der Waals surface area contributed by atoms with Gasteiger partial charge in [0, 0.05) is 12.0 Å². The van der Waals surface area contributed by atoms with Crippen LogP contribution in [0.5, 0.6) is 0 Å². The molecule has 3 rings (SSSR count). The standard InChI is InChI=1S/C22H20O2/c23-22(16-18-10-4-3-5-11-18)19-12-8-9-15-21(17-19)24-20-13-6-1-2-7-14-20/h1-6,9-15,17H,7-8,16H2. The lowest BCUT2D eigenvalue weighted by atomic mass is 10.0. The molecule has 2 aliphatic rings. The number of carbonyl (C=O) groups is 1. The average Bonchev–Trinajstić information content (AvgIpc) is 2.99. The summed E-state index contributed by atoms with van der Waals surface area (Å²) in [5, 5.41) is 0. The average molecular weight is 316 g/mol. The van der Waals surface area contributed by atoms with E-state index in [1.54, 1.807) is 0 Å². The Labute approximate surface area is 142 Å². The zero-order chi connectivity index (χ0) is 16.6. The Hall–Kier alpha value is -2.87. The van der Waals surface area contributed by atoms with Crippen LogP contribution in [-0.2, 0) is 16.0 Å². The maximum Gasteiger partial charge on any atom is 0.167 e. The third-order valence-electron chi connectivity index (χ3n) is 3.78. The van der Waals surface area contributed by atoms with Crippen molar-refractivity contribution in [1.29, 1.82) is 0 Å². The van der Waals surface area contributed by atoms with Gasteiger partial charge in [0.05, 0.1) is 0 Å². The highest BCUT2D eigenvalue weighted by Crippen LogP contribution is 2.19. The van der Waals surface area contributed by atoms with Crippen molar-refractivity contribution in [1.82, 2.24) is 0 Å². The predicted molar refractivity (Wildman–Crippen MR) is 97.1 cm³/mol. The third kappa shape index (κ3) is 4.56. The fourth-order valence-corrected chi connectivity index (χ4v) is 2.55. The van der Waals surface area contributed by atoms with Crippen molar-refractivity contribution in [3.05, 3.63) is 108 Å². The van der Waals surface area contributed by atoms with E-state index in [2.05, 4.69) is 6.08 Å². The summed E-state index contributed by atoms with van der Waals surface area (Å²) in [7, 11) is 0. The summed E-state index contributed by atoms with van der Waals surface area (Å²) in [4.78, 5) is 12.6. The van der Waals surface area contributed by atoms with E-state index in [9.17, 15) is 4.79 Å². The number of hydrogen-bond donors (Lipinski definition) is 0. The Kier molecular flexibility index (Phi) is 5.41. The Morgan fingerprint density at radius 1 is 0.917 bits per heavy atom. The van der Waals surface area contributed by atoms with Gasteiger partial charge in [-0.15, -0.1) is 0 Å². The number of ether oxygens (including phenoxy) is 1. The van der Waals surface area contributed by atoms with Gasteiger partial charge in [-0.3, -0.25) is 4.79 Å². The minimum absolute atomic E-state index is 0.109. The molecule has 0 unspecified atom stereocenters. The Bertz CT molecular complexity index is 771. The molecule has 0 atom stereocenters. The van der Waals surface area contributed by atoms with E-state index in [-0.39, 0.29) is 5.78 Å². The fourth-order valence-electron chi connectivity index (χ4n) is 2.55. The van der Waals surface area contributed by atoms with Crippen LogP contribution in [0.15, 0.2) is 102 Å². The molecule has 1 aromatic carbocycles. The summed E-state index contributed by atoms with van der Waals surface area (Å²) in [6, 6.07) is 9.81. The lowest BCUT2D eigenvalue weighted by Gasteiger charge is -2.08. The van der Waals surface area contributed by atoms with Crippen LogP contribution in [0.2, 0.25) is 0 Å². The SMILES string of the molecule is O=C(Cc1ccccc1)C1=CCC=CC(OC2=CCC=CC=C2)=C1. The van der Waals surface area contributed by atoms with Gasteiger partial charge < -0.3 is 4.74 Å². The van der Waals surface area contributed by atoms with Crippen molar-refractivity contribution in [2.75, 3.05) is 0 Å². The first-order chi connectivity index (χ1) is 11.8. The lowest BCUT2D eigenvalue weighted by Crippen LogP contribution is -2.05. The molecule has 2 nitrogen and oxygen atoms in total. The van der Waals surface area contributed by atoms with E-state index in [1.807, 2.05) is 78.9 Å². The number of Topliss-reactive ketones (excluding diaryl/α,β-unsaturated/α-hetero) is 1. The van der Waals surface area contributed by atoms with Gasteiger partial charge in [0.25, 0.3) is 0 Å². The number of hydrogen-bond acceptors (Lipinski definition) is 2. The Morgan fingerprint density at radius 2 is 1.75 bits per heavy atom. The van der Waals surface area contributed by atoms with Crippen molar-refractivity contribution >= 4 is 5.78 Å². The summed E-state index contributed by atoms with van der Waals surface area (Å²) >= 11 is 0. The van der Waals surface area contributed by atoms with Crippen molar-refractivity contribution in [3.8, 4) is 0 Å². The molecule has 24 heavy (non-hydrogen) atoms. The number of rotatable bonds is 5. The maximum absolute atomic E-state index is 12.6. The molecule has 0 bridgehead atoms. The van der Waals surface area contributed by atoms with Crippen molar-refractivity contribution < 1.29 is 9.53 Å². The van der Waals surface area contributed by atoms with Gasteiger partial charge in [-0.25, -0.2) is 0 Å². The second-order valence-electron chi connectivity index (χ2n) is 5.66. The highest BCUT2D eigenvalue weighted by Gasteiger charge is 2.11. The van der Waals surface area contributed by atoms with Crippen LogP contribution in [-0.4, -0.2) is 5.78 Å². The first-order valence-corrected chi connectivity index (χ1v) is 8.18. The van der Waals surface area contributed by atoms with Crippen LogP contribution in [0.1, 0.15) is 18.4 Å². The number of benzene rings is 1. The van der Waals surface area contributed by atoms with Gasteiger partial charge >= 0.3 is 0 Å². The van der Waals surface area contributed by atoms with Crippen molar-refractivity contribution in [3.63, 3.8) is 0 Å². The zero-order valence-corrected chi connectivity index (χ0v) is 13.5. The van der Waals surface area contributed by atoms with Gasteiger partial charge in [0.15, 0.2) is 5.78 Å². The molecule has 0 radical (unpaired) electrons. The normalized spacial score (nSPS) is 16.6. The minimum atomic E-state index is 0.109. The first-order valence-electron chi connectivity index (χ1n) is 8.18. The second-order valence-corrected chi connectivity index (χ2v) is 5.66. The predicted octanol–water partition coefficient (Wildman–Crippen LogP) is 4.99. The smallest absolute Gasteiger partial charge is 0.167 e. The Morgan fingerprint density at radius 3 is 2.62 bits per heavy atom. The highest BCUT2D eigenvalue weighted by atomic mass is 16.5. The topological polar surface area (TPSA) is 26.3 Å². The molecule has 1 aromatic rings. The molecular weight excluding hydrogens is 296 g/mol. The molecule has 2 aliphatic carbocycles. The van der Waals surface area contributed by atoms with Gasteiger partial charge in [-0.05, 0) is 42.7 Å². The molecule has 0 amide bonds. The van der Waals surface area contributed by atoms with Crippen LogP contribution in [0.25, 0.3) is 0 Å². The van der Waals surface area contributed by atoms with Gasteiger partial charge in [-0.1, -0.05) is 60.7 Å². The minimum Gasteiger partial charge on any atom is -0.458 e. The largest absolute Gasteiger partial charge is 0.458 e. The van der Waals surface area contributed by atoms with E-state index in [1.165, 1.54) is 0 Å². The van der Waals surface area contributed by atoms with E-state index >= 15 is 0 Å². The summed E-state index contributed by atoms with van der Waals surface area (Å²) in [6.45, 7) is 0. The zero-order valence-electron chi connectivity index (χ0n) is 13.5. The second kappa shape index (κ2) is 8.11. The van der Waals surface area contributed by atoms with Crippen LogP contribution in [0, 0.1) is 0 Å². The highest BCUT2D eigenvalue weighted by molar-refractivity contribution is 5.99. The summed E-state index contributed by atoms with van der Waals surface area (Å²) in [5.41, 5.74) is 1.73. The van der Waals surface area contributed by atoms with Gasteiger partial charge in [-0.2, -0.15) is 0 Å². The molecule has 2 heteroatoms. The van der Waals surface area contributed by atoms with Crippen LogP contribution >= 0.6 is 0 Å². The fraction of sp³-hybridized carbons (Fsp3) is 0.136. The van der Waals surface area contributed by atoms with E-state index in [0.29, 0.717) is 17.8 Å². The summed E-state index contributed by atoms with van der Waals surface area (Å²) < 4.78 is 5.94. The number of ketones is 1. The van der Waals surface area contributed by atoms with Gasteiger partial charge in [0.2, 0.25) is 0 Å². The first kappa shape index (κ1) is 16.0. The summed E-state index contributed by atoms with van der Waals surface area (Å²) in [5.74, 6) is 1.60. The van der Waals surface area contributed by atoms with E-state index < -0.39 is 0 Å². The van der Waals surface area contributed by atoms with E-state index in [0.717, 1.165) is 24.2 Å². The van der Waals surface area contributed by atoms with Crippen LogP contribution in [0.4, 0.5) is 0 Å². The lowest BCUT2D eigenvalue weighted by molar-refractivity contribution is -0.114. The summed E-state index contributed by atoms with van der Waals surface area (Å²) in [6.07, 6.45) is 19.7. The van der Waals surface area contributed by atoms with E-state index in [4.69, 9.17) is 4.74 Å². The van der Waals surface area contributed by atoms with Crippen LogP contribution < -0.4 is 0 Å². The maximum atomic E-state index is 12.6. The molecule has 0 N–H and O–H groups in total. The molecular formula is C22H20O2.